The lowest BCUT2D eigenvalue weighted by atomic mass is 10.0. The highest BCUT2D eigenvalue weighted by Gasteiger charge is 2.22. The van der Waals surface area contributed by atoms with Crippen molar-refractivity contribution in [3.8, 4) is 0 Å². The van der Waals surface area contributed by atoms with Crippen LogP contribution < -0.4 is 4.89 Å². The van der Waals surface area contributed by atoms with Gasteiger partial charge in [-0.1, -0.05) is 151 Å². The van der Waals surface area contributed by atoms with Crippen molar-refractivity contribution in [1.29, 1.82) is 0 Å². The van der Waals surface area contributed by atoms with Crippen molar-refractivity contribution in [2.24, 2.45) is 0 Å². The standard InChI is InChI=1S/C54H90NO10P/c1-8-10-12-13-14-15-16-17-18-19-20-21-24-27-30-34-37-49(56)41-42-54(58)64-50(46-63-66(59,60)62-44-43-55(5,6)7)45-61-53(57)40-36-32-29-26-23-22-25-28-31-35-39-52-48(4)47(3)51(65-52)38-33-11-9-2/h10,12,14-15,17-18,20-21,27,30,34,37,49-50,56H,8-9,11,13,16,19,22-26,28-29,31-33,35-36,38-46H2,1-7H3/b12-10-,15-14-,18-17-,21-20-,30-27-,37-34-/t49?,50-/m1/s1. The van der Waals surface area contributed by atoms with E-state index in [1.807, 2.05) is 33.3 Å². The zero-order valence-corrected chi connectivity index (χ0v) is 43.1. The Balaban J connectivity index is 2.39. The van der Waals surface area contributed by atoms with E-state index >= 15 is 0 Å². The molecule has 2 unspecified atom stereocenters. The highest BCUT2D eigenvalue weighted by molar-refractivity contribution is 7.45. The lowest BCUT2D eigenvalue weighted by Gasteiger charge is -2.28. The number of hydrogen-bond acceptors (Lipinski definition) is 10. The number of ether oxygens (including phenoxy) is 2. The molecule has 0 aliphatic heterocycles. The monoisotopic (exact) mass is 944 g/mol. The summed E-state index contributed by atoms with van der Waals surface area (Å²) < 4.78 is 40.1. The molecular formula is C54H90NO10P. The Morgan fingerprint density at radius 1 is 0.667 bits per heavy atom. The molecule has 0 saturated heterocycles. The molecule has 0 aliphatic rings. The topological polar surface area (TPSA) is 145 Å². The smallest absolute Gasteiger partial charge is 0.306 e. The largest absolute Gasteiger partial charge is 0.756 e. The first-order valence-corrected chi connectivity index (χ1v) is 26.6. The third kappa shape index (κ3) is 34.9. The second kappa shape index (κ2) is 38.6. The predicted octanol–water partition coefficient (Wildman–Crippen LogP) is 12.6. The minimum Gasteiger partial charge on any atom is -0.756 e. The number of phosphoric ester groups is 1. The Morgan fingerprint density at radius 2 is 1.18 bits per heavy atom. The van der Waals surface area contributed by atoms with Crippen molar-refractivity contribution in [2.45, 2.75) is 188 Å². The summed E-state index contributed by atoms with van der Waals surface area (Å²) in [5.41, 5.74) is 2.67. The van der Waals surface area contributed by atoms with Gasteiger partial charge in [0.1, 0.15) is 31.3 Å². The normalized spacial score (nSPS) is 14.5. The van der Waals surface area contributed by atoms with Crippen molar-refractivity contribution >= 4 is 19.8 Å². The van der Waals surface area contributed by atoms with Crippen LogP contribution in [0.4, 0.5) is 0 Å². The number of hydrogen-bond donors (Lipinski definition) is 1. The number of esters is 2. The third-order valence-electron chi connectivity index (χ3n) is 11.1. The molecule has 376 valence electrons. The van der Waals surface area contributed by atoms with E-state index in [9.17, 15) is 24.2 Å². The first kappa shape index (κ1) is 60.7. The molecule has 0 fully saturated rings. The van der Waals surface area contributed by atoms with Gasteiger partial charge in [-0.2, -0.15) is 0 Å². The summed E-state index contributed by atoms with van der Waals surface area (Å²) in [6, 6.07) is 0. The van der Waals surface area contributed by atoms with Gasteiger partial charge in [0.15, 0.2) is 6.10 Å². The van der Waals surface area contributed by atoms with E-state index in [4.69, 9.17) is 22.9 Å². The molecule has 0 aromatic carbocycles. The quantitative estimate of drug-likeness (QED) is 0.0168. The van der Waals surface area contributed by atoms with Crippen LogP contribution in [0.15, 0.2) is 77.3 Å². The van der Waals surface area contributed by atoms with Crippen LogP contribution in [-0.2, 0) is 45.5 Å². The Hall–Kier alpha value is -3.31. The minimum atomic E-state index is -4.71. The van der Waals surface area contributed by atoms with Gasteiger partial charge in [-0.05, 0) is 82.8 Å². The summed E-state index contributed by atoms with van der Waals surface area (Å²) in [4.78, 5) is 37.8. The second-order valence-electron chi connectivity index (χ2n) is 18.2. The molecule has 1 rings (SSSR count). The maximum absolute atomic E-state index is 12.8. The van der Waals surface area contributed by atoms with Crippen LogP contribution in [-0.4, -0.2) is 81.2 Å². The fourth-order valence-corrected chi connectivity index (χ4v) is 7.55. The number of rotatable bonds is 41. The maximum Gasteiger partial charge on any atom is 0.306 e. The minimum absolute atomic E-state index is 0.0819. The highest BCUT2D eigenvalue weighted by atomic mass is 31.2. The van der Waals surface area contributed by atoms with E-state index in [1.54, 1.807) is 12.2 Å². The van der Waals surface area contributed by atoms with Crippen LogP contribution in [0.3, 0.4) is 0 Å². The van der Waals surface area contributed by atoms with Gasteiger partial charge >= 0.3 is 11.9 Å². The zero-order chi connectivity index (χ0) is 48.7. The molecule has 0 aliphatic carbocycles. The summed E-state index contributed by atoms with van der Waals surface area (Å²) in [5, 5.41) is 10.4. The number of unbranched alkanes of at least 4 members (excludes halogenated alkanes) is 11. The lowest BCUT2D eigenvalue weighted by molar-refractivity contribution is -0.870. The van der Waals surface area contributed by atoms with Gasteiger partial charge in [0, 0.05) is 25.7 Å². The SMILES string of the molecule is CC/C=C\C/C=C\C/C=C\C/C=C\C/C=C\C=C/C(O)CCC(=O)O[C@H](COC(=O)CCCCCCCCCCCCc1oc(CCCCC)c(C)c1C)COP(=O)([O-])OCC[N+](C)(C)C. The fourth-order valence-electron chi connectivity index (χ4n) is 6.83. The average molecular weight is 944 g/mol. The van der Waals surface area contributed by atoms with E-state index in [1.165, 1.54) is 74.0 Å². The molecule has 66 heavy (non-hydrogen) atoms. The molecule has 1 aromatic rings. The number of likely N-dealkylation sites (N-methyl/N-ethyl adjacent to an activating group) is 1. The molecule has 0 spiro atoms. The van der Waals surface area contributed by atoms with Crippen molar-refractivity contribution in [2.75, 3.05) is 47.5 Å². The number of aliphatic hydroxyl groups excluding tert-OH is 1. The number of phosphoric acid groups is 1. The summed E-state index contributed by atoms with van der Waals surface area (Å²) in [6.07, 6.45) is 43.7. The van der Waals surface area contributed by atoms with Crippen LogP contribution >= 0.6 is 7.82 Å². The maximum atomic E-state index is 12.8. The van der Waals surface area contributed by atoms with E-state index in [-0.39, 0.29) is 32.5 Å². The van der Waals surface area contributed by atoms with Gasteiger partial charge < -0.3 is 37.4 Å². The van der Waals surface area contributed by atoms with Crippen molar-refractivity contribution in [3.63, 3.8) is 0 Å². The Kier molecular flexibility index (Phi) is 35.5. The van der Waals surface area contributed by atoms with E-state index in [0.29, 0.717) is 17.4 Å². The Labute approximate surface area is 400 Å². The number of quaternary nitrogens is 1. The van der Waals surface area contributed by atoms with Gasteiger partial charge in [0.25, 0.3) is 7.82 Å². The average Bonchev–Trinajstić information content (AvgIpc) is 3.54. The first-order chi connectivity index (χ1) is 31.7. The van der Waals surface area contributed by atoms with Gasteiger partial charge in [-0.3, -0.25) is 14.2 Å². The summed E-state index contributed by atoms with van der Waals surface area (Å²) in [6.45, 7) is 8.16. The van der Waals surface area contributed by atoms with Crippen LogP contribution in [0.25, 0.3) is 0 Å². The first-order valence-electron chi connectivity index (χ1n) is 25.1. The van der Waals surface area contributed by atoms with Crippen molar-refractivity contribution < 1.29 is 51.6 Å². The second-order valence-corrected chi connectivity index (χ2v) is 19.6. The van der Waals surface area contributed by atoms with Crippen LogP contribution in [0.5, 0.6) is 0 Å². The molecule has 1 heterocycles. The third-order valence-corrected chi connectivity index (χ3v) is 12.0. The van der Waals surface area contributed by atoms with Gasteiger partial charge in [-0.25, -0.2) is 0 Å². The Morgan fingerprint density at radius 3 is 1.73 bits per heavy atom. The fraction of sp³-hybridized carbons (Fsp3) is 0.667. The predicted molar refractivity (Wildman–Crippen MR) is 268 cm³/mol. The highest BCUT2D eigenvalue weighted by Crippen LogP contribution is 2.38. The number of aliphatic hydroxyl groups is 1. The molecule has 0 amide bonds. The van der Waals surface area contributed by atoms with Gasteiger partial charge in [0.2, 0.25) is 0 Å². The number of carbonyl (C=O) groups is 2. The molecule has 11 nitrogen and oxygen atoms in total. The van der Waals surface area contributed by atoms with E-state index in [0.717, 1.165) is 70.6 Å². The molecular weight excluding hydrogens is 854 g/mol. The molecule has 3 atom stereocenters. The summed E-state index contributed by atoms with van der Waals surface area (Å²) in [5.74, 6) is 1.22. The van der Waals surface area contributed by atoms with Crippen molar-refractivity contribution in [1.82, 2.24) is 0 Å². The zero-order valence-electron chi connectivity index (χ0n) is 42.2. The van der Waals surface area contributed by atoms with Crippen LogP contribution in [0.1, 0.15) is 171 Å². The summed E-state index contributed by atoms with van der Waals surface area (Å²) in [7, 11) is 0.996. The number of furan rings is 1. The number of aryl methyl sites for hydroxylation is 2. The van der Waals surface area contributed by atoms with E-state index < -0.39 is 38.6 Å². The Bertz CT molecular complexity index is 1650. The molecule has 12 heteroatoms. The number of nitrogens with zero attached hydrogens (tertiary/aromatic N) is 1. The van der Waals surface area contributed by atoms with Gasteiger partial charge in [-0.15, -0.1) is 0 Å². The number of carbonyl (C=O) groups excluding carboxylic acids is 2. The molecule has 1 aromatic heterocycles. The number of allylic oxidation sites excluding steroid dienone is 11. The van der Waals surface area contributed by atoms with Crippen LogP contribution in [0.2, 0.25) is 0 Å². The lowest BCUT2D eigenvalue weighted by Crippen LogP contribution is -2.37. The molecule has 0 saturated carbocycles. The molecule has 0 bridgehead atoms. The van der Waals surface area contributed by atoms with Crippen LogP contribution in [0, 0.1) is 13.8 Å². The molecule has 1 N–H and O–H groups in total. The molecule has 0 radical (unpaired) electrons. The summed E-state index contributed by atoms with van der Waals surface area (Å²) >= 11 is 0. The van der Waals surface area contributed by atoms with Gasteiger partial charge in [0.05, 0.1) is 33.9 Å². The van der Waals surface area contributed by atoms with E-state index in [2.05, 4.69) is 76.3 Å². The van der Waals surface area contributed by atoms with Crippen molar-refractivity contribution in [3.05, 3.63) is 95.6 Å².